The number of hydrogen-bond acceptors (Lipinski definition) is 4. The van der Waals surface area contributed by atoms with Gasteiger partial charge in [-0.2, -0.15) is 0 Å². The highest BCUT2D eigenvalue weighted by Gasteiger charge is 2.27. The monoisotopic (exact) mass is 283 g/mol. The number of carbonyl (C=O) groups is 1. The molecule has 0 radical (unpaired) electrons. The molecule has 0 saturated carbocycles. The standard InChI is InChI=1S/C15H29N3O2/c1-15(2,3)20-14(19)18-9-5-4-6-13(11-18)17-12-7-8-16-10-12/h12-13,16-17H,4-11H2,1-3H3. The first-order valence-electron chi connectivity index (χ1n) is 7.89. The van der Waals surface area contributed by atoms with Gasteiger partial charge in [-0.15, -0.1) is 0 Å². The van der Waals surface area contributed by atoms with E-state index in [-0.39, 0.29) is 6.09 Å². The van der Waals surface area contributed by atoms with E-state index in [0.717, 1.165) is 39.0 Å². The van der Waals surface area contributed by atoms with Crippen LogP contribution in [0.3, 0.4) is 0 Å². The molecule has 5 nitrogen and oxygen atoms in total. The maximum atomic E-state index is 12.2. The second-order valence-corrected chi connectivity index (χ2v) is 6.98. The molecule has 5 heteroatoms. The smallest absolute Gasteiger partial charge is 0.410 e. The Hall–Kier alpha value is -0.810. The zero-order chi connectivity index (χ0) is 14.6. The van der Waals surface area contributed by atoms with Gasteiger partial charge in [0.15, 0.2) is 0 Å². The van der Waals surface area contributed by atoms with Crippen LogP contribution in [0.2, 0.25) is 0 Å². The van der Waals surface area contributed by atoms with Crippen LogP contribution in [0.4, 0.5) is 4.79 Å². The normalized spacial score (nSPS) is 28.2. The van der Waals surface area contributed by atoms with Crippen molar-refractivity contribution in [1.29, 1.82) is 0 Å². The molecule has 2 heterocycles. The molecule has 2 aliphatic heterocycles. The molecule has 0 spiro atoms. The Morgan fingerprint density at radius 3 is 2.70 bits per heavy atom. The van der Waals surface area contributed by atoms with Crippen LogP contribution >= 0.6 is 0 Å². The van der Waals surface area contributed by atoms with E-state index in [1.165, 1.54) is 12.8 Å². The quantitative estimate of drug-likeness (QED) is 0.810. The molecule has 2 aliphatic rings. The van der Waals surface area contributed by atoms with Gasteiger partial charge < -0.3 is 20.3 Å². The minimum Gasteiger partial charge on any atom is -0.444 e. The summed E-state index contributed by atoms with van der Waals surface area (Å²) in [7, 11) is 0. The van der Waals surface area contributed by atoms with E-state index < -0.39 is 5.60 Å². The van der Waals surface area contributed by atoms with Crippen molar-refractivity contribution in [2.45, 2.75) is 64.1 Å². The second-order valence-electron chi connectivity index (χ2n) is 6.98. The van der Waals surface area contributed by atoms with E-state index in [0.29, 0.717) is 12.1 Å². The Morgan fingerprint density at radius 1 is 1.25 bits per heavy atom. The third-order valence-corrected chi connectivity index (χ3v) is 3.85. The molecule has 2 atom stereocenters. The number of carbonyl (C=O) groups excluding carboxylic acids is 1. The largest absolute Gasteiger partial charge is 0.444 e. The summed E-state index contributed by atoms with van der Waals surface area (Å²) in [6, 6.07) is 0.952. The fraction of sp³-hybridized carbons (Fsp3) is 0.933. The maximum absolute atomic E-state index is 12.2. The number of ether oxygens (including phenoxy) is 1. The van der Waals surface area contributed by atoms with Crippen LogP contribution < -0.4 is 10.6 Å². The third kappa shape index (κ3) is 4.94. The van der Waals surface area contributed by atoms with E-state index in [9.17, 15) is 4.79 Å². The van der Waals surface area contributed by atoms with Crippen LogP contribution in [0.5, 0.6) is 0 Å². The molecule has 2 fully saturated rings. The lowest BCUT2D eigenvalue weighted by Gasteiger charge is -2.29. The molecule has 0 aromatic rings. The van der Waals surface area contributed by atoms with Crippen LogP contribution in [0.25, 0.3) is 0 Å². The Labute approximate surface area is 122 Å². The highest BCUT2D eigenvalue weighted by molar-refractivity contribution is 5.68. The van der Waals surface area contributed by atoms with Gasteiger partial charge >= 0.3 is 6.09 Å². The van der Waals surface area contributed by atoms with Crippen molar-refractivity contribution in [3.63, 3.8) is 0 Å². The average Bonchev–Trinajstić information content (AvgIpc) is 2.71. The number of nitrogens with one attached hydrogen (secondary N) is 2. The number of rotatable bonds is 2. The number of amides is 1. The van der Waals surface area contributed by atoms with Gasteiger partial charge in [0.2, 0.25) is 0 Å². The first-order valence-corrected chi connectivity index (χ1v) is 7.89. The molecule has 2 rings (SSSR count). The lowest BCUT2D eigenvalue weighted by Crippen LogP contribution is -2.47. The van der Waals surface area contributed by atoms with Gasteiger partial charge in [-0.3, -0.25) is 0 Å². The van der Waals surface area contributed by atoms with Crippen LogP contribution in [-0.2, 0) is 4.74 Å². The van der Waals surface area contributed by atoms with Crippen molar-refractivity contribution in [3.8, 4) is 0 Å². The summed E-state index contributed by atoms with van der Waals surface area (Å²) in [4.78, 5) is 14.1. The number of hydrogen-bond donors (Lipinski definition) is 2. The third-order valence-electron chi connectivity index (χ3n) is 3.85. The molecule has 116 valence electrons. The first kappa shape index (κ1) is 15.6. The maximum Gasteiger partial charge on any atom is 0.410 e. The molecule has 1 amide bonds. The Balaban J connectivity index is 1.87. The van der Waals surface area contributed by atoms with Crippen molar-refractivity contribution in [3.05, 3.63) is 0 Å². The highest BCUT2D eigenvalue weighted by Crippen LogP contribution is 2.16. The molecule has 20 heavy (non-hydrogen) atoms. The van der Waals surface area contributed by atoms with Crippen molar-refractivity contribution < 1.29 is 9.53 Å². The van der Waals surface area contributed by atoms with Gasteiger partial charge in [0, 0.05) is 31.7 Å². The zero-order valence-electron chi connectivity index (χ0n) is 13.1. The van der Waals surface area contributed by atoms with Crippen LogP contribution in [-0.4, -0.2) is 54.9 Å². The summed E-state index contributed by atoms with van der Waals surface area (Å²) in [5, 5.41) is 7.07. The predicted molar refractivity (Wildman–Crippen MR) is 79.9 cm³/mol. The second kappa shape index (κ2) is 6.76. The molecule has 0 bridgehead atoms. The van der Waals surface area contributed by atoms with Crippen LogP contribution in [0, 0.1) is 0 Å². The summed E-state index contributed by atoms with van der Waals surface area (Å²) in [5.41, 5.74) is -0.415. The van der Waals surface area contributed by atoms with E-state index in [4.69, 9.17) is 4.74 Å². The summed E-state index contributed by atoms with van der Waals surface area (Å²) in [6.45, 7) is 9.48. The molecule has 2 saturated heterocycles. The minimum absolute atomic E-state index is 0.171. The fourth-order valence-corrected chi connectivity index (χ4v) is 2.90. The Bertz CT molecular complexity index is 322. The molecular weight excluding hydrogens is 254 g/mol. The SMILES string of the molecule is CC(C)(C)OC(=O)N1CCCCC(NC2CCNC2)C1. The first-order chi connectivity index (χ1) is 9.44. The van der Waals surface area contributed by atoms with Crippen molar-refractivity contribution in [1.82, 2.24) is 15.5 Å². The van der Waals surface area contributed by atoms with Gasteiger partial charge in [0.05, 0.1) is 0 Å². The highest BCUT2D eigenvalue weighted by atomic mass is 16.6. The van der Waals surface area contributed by atoms with Crippen LogP contribution in [0.1, 0.15) is 46.5 Å². The Morgan fingerprint density at radius 2 is 2.05 bits per heavy atom. The van der Waals surface area contributed by atoms with Gasteiger partial charge in [-0.1, -0.05) is 6.42 Å². The summed E-state index contributed by atoms with van der Waals surface area (Å²) in [6.07, 6.45) is 4.41. The van der Waals surface area contributed by atoms with Gasteiger partial charge in [0.1, 0.15) is 5.60 Å². The lowest BCUT2D eigenvalue weighted by atomic mass is 10.1. The summed E-state index contributed by atoms with van der Waals surface area (Å²) >= 11 is 0. The summed E-state index contributed by atoms with van der Waals surface area (Å²) in [5.74, 6) is 0. The van der Waals surface area contributed by atoms with Crippen molar-refractivity contribution in [2.75, 3.05) is 26.2 Å². The number of likely N-dealkylation sites (tertiary alicyclic amines) is 1. The molecule has 0 aromatic carbocycles. The molecule has 0 aromatic heterocycles. The number of nitrogens with zero attached hydrogens (tertiary/aromatic N) is 1. The van der Waals surface area contributed by atoms with Gasteiger partial charge in [-0.25, -0.2) is 4.79 Å². The van der Waals surface area contributed by atoms with Gasteiger partial charge in [-0.05, 0) is 46.6 Å². The lowest BCUT2D eigenvalue weighted by molar-refractivity contribution is 0.0242. The summed E-state index contributed by atoms with van der Waals surface area (Å²) < 4.78 is 5.50. The van der Waals surface area contributed by atoms with E-state index >= 15 is 0 Å². The molecular formula is C15H29N3O2. The molecule has 0 aliphatic carbocycles. The van der Waals surface area contributed by atoms with Crippen molar-refractivity contribution in [2.24, 2.45) is 0 Å². The van der Waals surface area contributed by atoms with Gasteiger partial charge in [0.25, 0.3) is 0 Å². The van der Waals surface area contributed by atoms with Crippen LogP contribution in [0.15, 0.2) is 0 Å². The molecule has 2 unspecified atom stereocenters. The van der Waals surface area contributed by atoms with Crippen molar-refractivity contribution >= 4 is 6.09 Å². The molecule has 2 N–H and O–H groups in total. The van der Waals surface area contributed by atoms with E-state index in [2.05, 4.69) is 10.6 Å². The van der Waals surface area contributed by atoms with E-state index in [1.807, 2.05) is 25.7 Å². The fourth-order valence-electron chi connectivity index (χ4n) is 2.90. The minimum atomic E-state index is -0.415. The average molecular weight is 283 g/mol. The zero-order valence-corrected chi connectivity index (χ0v) is 13.1. The Kier molecular flexibility index (Phi) is 5.27. The van der Waals surface area contributed by atoms with E-state index in [1.54, 1.807) is 0 Å². The predicted octanol–water partition coefficient (Wildman–Crippen LogP) is 1.73. The topological polar surface area (TPSA) is 53.6 Å².